The van der Waals surface area contributed by atoms with Crippen molar-refractivity contribution < 1.29 is 19.1 Å². The molecule has 7 nitrogen and oxygen atoms in total. The zero-order valence-corrected chi connectivity index (χ0v) is 13.2. The number of carbonyl (C=O) groups is 2. The second-order valence-electron chi connectivity index (χ2n) is 5.78. The maximum Gasteiger partial charge on any atom is 0.265 e. The Labute approximate surface area is 134 Å². The first-order chi connectivity index (χ1) is 11.1. The Hall–Kier alpha value is -2.12. The number of hydrogen-bond acceptors (Lipinski definition) is 5. The van der Waals surface area contributed by atoms with E-state index in [4.69, 9.17) is 15.2 Å². The van der Waals surface area contributed by atoms with Crippen LogP contribution >= 0.6 is 0 Å². The molecule has 2 heterocycles. The molecule has 1 fully saturated rings. The average Bonchev–Trinajstić information content (AvgIpc) is 2.57. The predicted octanol–water partition coefficient (Wildman–Crippen LogP) is 0.291. The van der Waals surface area contributed by atoms with Crippen molar-refractivity contribution >= 4 is 17.5 Å². The van der Waals surface area contributed by atoms with Crippen molar-refractivity contribution in [1.29, 1.82) is 0 Å². The van der Waals surface area contributed by atoms with E-state index >= 15 is 0 Å². The first-order valence-corrected chi connectivity index (χ1v) is 7.74. The number of carbonyl (C=O) groups excluding carboxylic acids is 2. The van der Waals surface area contributed by atoms with Crippen molar-refractivity contribution in [3.8, 4) is 5.75 Å². The van der Waals surface area contributed by atoms with E-state index in [0.29, 0.717) is 37.7 Å². The number of fused-ring (bicyclic) bond motifs is 1. The summed E-state index contributed by atoms with van der Waals surface area (Å²) in [4.78, 5) is 27.9. The van der Waals surface area contributed by atoms with Crippen LogP contribution in [0.15, 0.2) is 18.2 Å². The number of amides is 2. The fourth-order valence-corrected chi connectivity index (χ4v) is 2.72. The molecule has 0 saturated carbocycles. The third-order valence-corrected chi connectivity index (χ3v) is 4.11. The van der Waals surface area contributed by atoms with E-state index in [0.717, 1.165) is 5.56 Å². The summed E-state index contributed by atoms with van der Waals surface area (Å²) in [5, 5.41) is 0. The van der Waals surface area contributed by atoms with E-state index < -0.39 is 0 Å². The summed E-state index contributed by atoms with van der Waals surface area (Å²) in [7, 11) is 0. The summed E-state index contributed by atoms with van der Waals surface area (Å²) < 4.78 is 10.7. The highest BCUT2D eigenvalue weighted by Gasteiger charge is 2.29. The topological polar surface area (TPSA) is 85.1 Å². The van der Waals surface area contributed by atoms with Crippen LogP contribution in [0.2, 0.25) is 0 Å². The minimum Gasteiger partial charge on any atom is -0.482 e. The molecule has 1 unspecified atom stereocenters. The lowest BCUT2D eigenvalue weighted by molar-refractivity contribution is -0.135. The molecule has 2 aliphatic heterocycles. The molecule has 3 rings (SSSR count). The fourth-order valence-electron chi connectivity index (χ4n) is 2.72. The molecule has 0 aromatic heterocycles. The number of nitrogens with two attached hydrogens (primary N) is 1. The number of morpholine rings is 1. The van der Waals surface area contributed by atoms with Crippen molar-refractivity contribution in [2.45, 2.75) is 13.0 Å². The predicted molar refractivity (Wildman–Crippen MR) is 84.3 cm³/mol. The Morgan fingerprint density at radius 1 is 1.35 bits per heavy atom. The van der Waals surface area contributed by atoms with Gasteiger partial charge >= 0.3 is 0 Å². The van der Waals surface area contributed by atoms with Crippen molar-refractivity contribution in [2.75, 3.05) is 44.4 Å². The number of nitrogens with zero attached hydrogens (tertiary/aromatic N) is 2. The molecule has 0 spiro atoms. The number of ether oxygens (including phenoxy) is 2. The van der Waals surface area contributed by atoms with Gasteiger partial charge in [0, 0.05) is 19.1 Å². The zero-order valence-electron chi connectivity index (χ0n) is 13.2. The van der Waals surface area contributed by atoms with Gasteiger partial charge in [0.1, 0.15) is 12.3 Å². The average molecular weight is 319 g/mol. The molecule has 2 N–H and O–H groups in total. The Morgan fingerprint density at radius 2 is 2.09 bits per heavy atom. The van der Waals surface area contributed by atoms with Crippen molar-refractivity contribution in [3.05, 3.63) is 23.8 Å². The smallest absolute Gasteiger partial charge is 0.265 e. The van der Waals surface area contributed by atoms with Gasteiger partial charge in [-0.1, -0.05) is 6.07 Å². The van der Waals surface area contributed by atoms with Gasteiger partial charge in [-0.25, -0.2) is 0 Å². The van der Waals surface area contributed by atoms with Gasteiger partial charge in [-0.2, -0.15) is 0 Å². The highest BCUT2D eigenvalue weighted by Crippen LogP contribution is 2.34. The van der Waals surface area contributed by atoms with Crippen LogP contribution in [-0.2, 0) is 14.3 Å². The Morgan fingerprint density at radius 3 is 2.78 bits per heavy atom. The highest BCUT2D eigenvalue weighted by molar-refractivity contribution is 6.02. The van der Waals surface area contributed by atoms with Crippen LogP contribution in [0.5, 0.6) is 5.75 Å². The van der Waals surface area contributed by atoms with E-state index in [1.165, 1.54) is 4.90 Å². The Kier molecular flexibility index (Phi) is 4.49. The molecule has 1 saturated heterocycles. The van der Waals surface area contributed by atoms with E-state index in [1.807, 2.05) is 19.1 Å². The summed E-state index contributed by atoms with van der Waals surface area (Å²) in [6, 6.07) is 5.34. The van der Waals surface area contributed by atoms with Gasteiger partial charge in [-0.05, 0) is 24.6 Å². The number of rotatable bonds is 3. The minimum absolute atomic E-state index is 0.0115. The van der Waals surface area contributed by atoms with E-state index in [9.17, 15) is 9.59 Å². The monoisotopic (exact) mass is 319 g/mol. The molecule has 2 aliphatic rings. The molecule has 7 heteroatoms. The maximum atomic E-state index is 12.5. The standard InChI is InChI=1S/C16H21N3O4/c1-11(17)12-2-3-14-13(8-12)19(16(21)10-23-14)9-15(20)18-4-6-22-7-5-18/h2-3,8,11H,4-7,9-10,17H2,1H3. The van der Waals surface area contributed by atoms with Gasteiger partial charge in [0.25, 0.3) is 5.91 Å². The SMILES string of the molecule is CC(N)c1ccc2c(c1)N(CC(=O)N1CCOCC1)C(=O)CO2. The molecule has 1 atom stereocenters. The summed E-state index contributed by atoms with van der Waals surface area (Å²) in [5.74, 6) is 0.297. The molecular formula is C16H21N3O4. The number of benzene rings is 1. The van der Waals surface area contributed by atoms with Gasteiger partial charge in [0.15, 0.2) is 6.61 Å². The summed E-state index contributed by atoms with van der Waals surface area (Å²) in [5.41, 5.74) is 7.42. The lowest BCUT2D eigenvalue weighted by atomic mass is 10.1. The summed E-state index contributed by atoms with van der Waals surface area (Å²) in [6.07, 6.45) is 0. The molecule has 0 aliphatic carbocycles. The van der Waals surface area contributed by atoms with Crippen LogP contribution in [-0.4, -0.2) is 56.2 Å². The van der Waals surface area contributed by atoms with E-state index in [1.54, 1.807) is 11.0 Å². The molecule has 0 bridgehead atoms. The number of hydrogen-bond donors (Lipinski definition) is 1. The van der Waals surface area contributed by atoms with Crippen LogP contribution in [0.25, 0.3) is 0 Å². The van der Waals surface area contributed by atoms with Gasteiger partial charge in [0.05, 0.1) is 18.9 Å². The molecule has 1 aromatic rings. The van der Waals surface area contributed by atoms with Gasteiger partial charge < -0.3 is 20.1 Å². The maximum absolute atomic E-state index is 12.5. The van der Waals surface area contributed by atoms with Crippen LogP contribution in [0.4, 0.5) is 5.69 Å². The lowest BCUT2D eigenvalue weighted by Crippen LogP contribution is -2.49. The first-order valence-electron chi connectivity index (χ1n) is 7.74. The number of anilines is 1. The van der Waals surface area contributed by atoms with Gasteiger partial charge in [0.2, 0.25) is 5.91 Å². The first kappa shape index (κ1) is 15.8. The van der Waals surface area contributed by atoms with E-state index in [2.05, 4.69) is 0 Å². The van der Waals surface area contributed by atoms with E-state index in [-0.39, 0.29) is 31.0 Å². The molecule has 23 heavy (non-hydrogen) atoms. The third kappa shape index (κ3) is 3.30. The highest BCUT2D eigenvalue weighted by atomic mass is 16.5. The molecule has 2 amide bonds. The fraction of sp³-hybridized carbons (Fsp3) is 0.500. The van der Waals surface area contributed by atoms with Crippen molar-refractivity contribution in [3.63, 3.8) is 0 Å². The van der Waals surface area contributed by atoms with Crippen molar-refractivity contribution in [2.24, 2.45) is 5.73 Å². The van der Waals surface area contributed by atoms with Crippen molar-refractivity contribution in [1.82, 2.24) is 4.90 Å². The largest absolute Gasteiger partial charge is 0.482 e. The van der Waals surface area contributed by atoms with Crippen LogP contribution in [0.1, 0.15) is 18.5 Å². The van der Waals surface area contributed by atoms with Gasteiger partial charge in [-0.15, -0.1) is 0 Å². The third-order valence-electron chi connectivity index (χ3n) is 4.11. The molecule has 0 radical (unpaired) electrons. The minimum atomic E-state index is -0.221. The zero-order chi connectivity index (χ0) is 16.4. The Balaban J connectivity index is 1.82. The molecule has 124 valence electrons. The molecule has 1 aromatic carbocycles. The summed E-state index contributed by atoms with van der Waals surface area (Å²) >= 11 is 0. The normalized spacial score (nSPS) is 19.1. The summed E-state index contributed by atoms with van der Waals surface area (Å²) in [6.45, 7) is 4.02. The van der Waals surface area contributed by atoms with Gasteiger partial charge in [-0.3, -0.25) is 14.5 Å². The molecular weight excluding hydrogens is 298 g/mol. The lowest BCUT2D eigenvalue weighted by Gasteiger charge is -2.33. The second-order valence-corrected chi connectivity index (χ2v) is 5.78. The van der Waals surface area contributed by atoms with Crippen LogP contribution < -0.4 is 15.4 Å². The van der Waals surface area contributed by atoms with Crippen LogP contribution in [0, 0.1) is 0 Å². The quantitative estimate of drug-likeness (QED) is 0.865. The van der Waals surface area contributed by atoms with Crippen LogP contribution in [0.3, 0.4) is 0 Å². The Bertz CT molecular complexity index is 611. The second kappa shape index (κ2) is 6.55.